The number of para-hydroxylation sites is 3. The van der Waals surface area contributed by atoms with E-state index in [0.29, 0.717) is 0 Å². The second-order valence-corrected chi connectivity index (χ2v) is 12.9. The van der Waals surface area contributed by atoms with Crippen LogP contribution in [0.2, 0.25) is 0 Å². The number of hydrogen-bond acceptors (Lipinski definition) is 2. The lowest BCUT2D eigenvalue weighted by Gasteiger charge is -2.50. The van der Waals surface area contributed by atoms with Crippen LogP contribution in [0.25, 0.3) is 11.1 Å². The maximum Gasteiger partial charge on any atom is 0.247 e. The fourth-order valence-corrected chi connectivity index (χ4v) is 9.08. The highest BCUT2D eigenvalue weighted by Crippen LogP contribution is 2.63. The summed E-state index contributed by atoms with van der Waals surface area (Å²) in [5.74, 6) is 0. The standard InChI is InChI=1S/C44H31BN2/c1-2-3-5-16-30-29-46(31-17-6-4-7-18-31)40-27-15-28-41-42(40)45(30)38-25-14-24-37-43(38)47(41)39-26-13-12-23-36(39)44(37)34-21-10-8-19-32(34)33-20-9-11-22-35(33)44/h2-28H,1,29H2/b5-3-,30-16+. The zero-order valence-electron chi connectivity index (χ0n) is 26.0. The molecule has 0 saturated heterocycles. The van der Waals surface area contributed by atoms with E-state index in [9.17, 15) is 0 Å². The van der Waals surface area contributed by atoms with E-state index < -0.39 is 5.41 Å². The van der Waals surface area contributed by atoms with Gasteiger partial charge in [-0.05, 0) is 74.6 Å². The summed E-state index contributed by atoms with van der Waals surface area (Å²) in [4.78, 5) is 5.06. The molecular weight excluding hydrogens is 567 g/mol. The first-order valence-electron chi connectivity index (χ1n) is 16.5. The summed E-state index contributed by atoms with van der Waals surface area (Å²) in [6, 6.07) is 52.0. The van der Waals surface area contributed by atoms with Crippen molar-refractivity contribution >= 4 is 46.1 Å². The van der Waals surface area contributed by atoms with Gasteiger partial charge in [0.15, 0.2) is 0 Å². The van der Waals surface area contributed by atoms with Crippen LogP contribution >= 0.6 is 0 Å². The van der Waals surface area contributed by atoms with Crippen molar-refractivity contribution in [1.29, 1.82) is 0 Å². The molecule has 6 aromatic carbocycles. The molecule has 0 bridgehead atoms. The monoisotopic (exact) mass is 598 g/mol. The van der Waals surface area contributed by atoms with Gasteiger partial charge in [-0.2, -0.15) is 0 Å². The van der Waals surface area contributed by atoms with Gasteiger partial charge in [0.25, 0.3) is 0 Å². The van der Waals surface area contributed by atoms with Crippen LogP contribution in [0.5, 0.6) is 0 Å². The molecular formula is C44H31BN2. The lowest BCUT2D eigenvalue weighted by molar-refractivity contribution is 0.753. The summed E-state index contributed by atoms with van der Waals surface area (Å²) >= 11 is 0. The van der Waals surface area contributed by atoms with Gasteiger partial charge in [0.2, 0.25) is 6.71 Å². The van der Waals surface area contributed by atoms with E-state index in [1.165, 1.54) is 78.2 Å². The van der Waals surface area contributed by atoms with Crippen LogP contribution in [0.1, 0.15) is 22.3 Å². The maximum absolute atomic E-state index is 3.95. The van der Waals surface area contributed by atoms with Gasteiger partial charge in [-0.15, -0.1) is 0 Å². The zero-order chi connectivity index (χ0) is 31.1. The second kappa shape index (κ2) is 9.85. The Kier molecular flexibility index (Phi) is 5.54. The Hall–Kier alpha value is -5.80. The largest absolute Gasteiger partial charge is 0.338 e. The van der Waals surface area contributed by atoms with Gasteiger partial charge >= 0.3 is 0 Å². The highest BCUT2D eigenvalue weighted by molar-refractivity contribution is 6.95. The Labute approximate surface area is 276 Å². The van der Waals surface area contributed by atoms with Crippen molar-refractivity contribution in [2.45, 2.75) is 5.41 Å². The first-order chi connectivity index (χ1) is 23.3. The van der Waals surface area contributed by atoms with Crippen LogP contribution < -0.4 is 20.7 Å². The van der Waals surface area contributed by atoms with Gasteiger partial charge in [0, 0.05) is 29.3 Å². The highest BCUT2D eigenvalue weighted by Gasteiger charge is 2.54. The molecule has 0 atom stereocenters. The summed E-state index contributed by atoms with van der Waals surface area (Å²) in [6.45, 7) is 4.88. The minimum Gasteiger partial charge on any atom is -0.338 e. The fourth-order valence-electron chi connectivity index (χ4n) is 9.08. The SMILES string of the molecule is C=C/C=C\C=C1/CN(c2ccccc2)c2cccc3c2B1c1cccc2c1N3c1ccccc1C21c2ccccc2-c2ccccc21. The van der Waals surface area contributed by atoms with Gasteiger partial charge in [0.1, 0.15) is 0 Å². The molecule has 0 amide bonds. The summed E-state index contributed by atoms with van der Waals surface area (Å²) in [7, 11) is 0. The molecule has 3 heterocycles. The Morgan fingerprint density at radius 1 is 0.574 bits per heavy atom. The summed E-state index contributed by atoms with van der Waals surface area (Å²) in [5.41, 5.74) is 18.1. The maximum atomic E-state index is 3.95. The van der Waals surface area contributed by atoms with E-state index in [4.69, 9.17) is 0 Å². The Morgan fingerprint density at radius 3 is 1.96 bits per heavy atom. The van der Waals surface area contributed by atoms with Crippen molar-refractivity contribution < 1.29 is 0 Å². The minimum absolute atomic E-state index is 0.121. The van der Waals surface area contributed by atoms with Crippen molar-refractivity contribution in [1.82, 2.24) is 0 Å². The molecule has 0 N–H and O–H groups in total. The molecule has 2 nitrogen and oxygen atoms in total. The fraction of sp³-hybridized carbons (Fsp3) is 0.0455. The molecule has 4 aliphatic rings. The predicted octanol–water partition coefficient (Wildman–Crippen LogP) is 9.11. The first-order valence-corrected chi connectivity index (χ1v) is 16.5. The number of rotatable bonds is 3. The molecule has 3 heteroatoms. The topological polar surface area (TPSA) is 6.48 Å². The third-order valence-electron chi connectivity index (χ3n) is 10.7. The van der Waals surface area contributed by atoms with Gasteiger partial charge < -0.3 is 9.80 Å². The number of nitrogens with zero attached hydrogens (tertiary/aromatic N) is 2. The van der Waals surface area contributed by atoms with Gasteiger partial charge in [-0.1, -0.05) is 146 Å². The first kappa shape index (κ1) is 26.4. The molecule has 0 unspecified atom stereocenters. The smallest absolute Gasteiger partial charge is 0.247 e. The highest BCUT2D eigenvalue weighted by atomic mass is 15.2. The summed E-state index contributed by atoms with van der Waals surface area (Å²) < 4.78 is 0. The van der Waals surface area contributed by atoms with E-state index in [1.807, 2.05) is 12.2 Å². The summed E-state index contributed by atoms with van der Waals surface area (Å²) in [5, 5.41) is 0. The van der Waals surface area contributed by atoms with Crippen LogP contribution in [0, 0.1) is 0 Å². The van der Waals surface area contributed by atoms with Crippen molar-refractivity contribution in [3.8, 4) is 11.1 Å². The van der Waals surface area contributed by atoms with Crippen molar-refractivity contribution in [2.24, 2.45) is 0 Å². The van der Waals surface area contributed by atoms with E-state index in [-0.39, 0.29) is 6.71 Å². The van der Waals surface area contributed by atoms with Crippen molar-refractivity contribution in [3.05, 3.63) is 198 Å². The van der Waals surface area contributed by atoms with Gasteiger partial charge in [0.05, 0.1) is 11.1 Å². The lowest BCUT2D eigenvalue weighted by Crippen LogP contribution is -2.59. The minimum atomic E-state index is -0.419. The molecule has 0 saturated carbocycles. The molecule has 220 valence electrons. The molecule has 0 fully saturated rings. The van der Waals surface area contributed by atoms with Crippen molar-refractivity contribution in [2.75, 3.05) is 16.3 Å². The van der Waals surface area contributed by atoms with Gasteiger partial charge in [-0.3, -0.25) is 0 Å². The number of benzene rings is 6. The second-order valence-electron chi connectivity index (χ2n) is 12.9. The van der Waals surface area contributed by atoms with E-state index in [1.54, 1.807) is 0 Å². The molecule has 10 rings (SSSR count). The quantitative estimate of drug-likeness (QED) is 0.148. The van der Waals surface area contributed by atoms with E-state index in [0.717, 1.165) is 6.54 Å². The molecule has 6 aromatic rings. The molecule has 0 radical (unpaired) electrons. The molecule has 47 heavy (non-hydrogen) atoms. The van der Waals surface area contributed by atoms with Crippen LogP contribution in [-0.4, -0.2) is 13.3 Å². The Bertz CT molecular complexity index is 2290. The molecule has 1 aliphatic carbocycles. The Morgan fingerprint density at radius 2 is 1.19 bits per heavy atom. The number of hydrogen-bond donors (Lipinski definition) is 0. The van der Waals surface area contributed by atoms with Gasteiger partial charge in [-0.25, -0.2) is 0 Å². The third kappa shape index (κ3) is 3.36. The molecule has 0 aromatic heterocycles. The third-order valence-corrected chi connectivity index (χ3v) is 10.7. The summed E-state index contributed by atoms with van der Waals surface area (Å²) in [6.07, 6.45) is 8.37. The average molecular weight is 599 g/mol. The lowest BCUT2D eigenvalue weighted by atomic mass is 9.32. The normalized spacial score (nSPS) is 16.5. The van der Waals surface area contributed by atoms with Crippen LogP contribution in [0.4, 0.5) is 28.4 Å². The number of anilines is 5. The zero-order valence-corrected chi connectivity index (χ0v) is 26.0. The van der Waals surface area contributed by atoms with E-state index >= 15 is 0 Å². The van der Waals surface area contributed by atoms with Crippen LogP contribution in [0.15, 0.2) is 176 Å². The number of fused-ring (bicyclic) bond motifs is 11. The van der Waals surface area contributed by atoms with Crippen LogP contribution in [-0.2, 0) is 5.41 Å². The molecule has 3 aliphatic heterocycles. The van der Waals surface area contributed by atoms with Crippen molar-refractivity contribution in [3.63, 3.8) is 0 Å². The Balaban J connectivity index is 1.33. The number of allylic oxidation sites excluding steroid dienone is 4. The van der Waals surface area contributed by atoms with E-state index in [2.05, 4.69) is 168 Å². The average Bonchev–Trinajstić information content (AvgIpc) is 3.43. The predicted molar refractivity (Wildman–Crippen MR) is 198 cm³/mol. The molecule has 1 spiro atoms. The van der Waals surface area contributed by atoms with Crippen LogP contribution in [0.3, 0.4) is 0 Å².